The summed E-state index contributed by atoms with van der Waals surface area (Å²) in [6.45, 7) is 6.45. The van der Waals surface area contributed by atoms with Gasteiger partial charge in [-0.1, -0.05) is 23.8 Å². The van der Waals surface area contributed by atoms with Crippen LogP contribution in [-0.4, -0.2) is 29.7 Å². The molecule has 0 aromatic heterocycles. The summed E-state index contributed by atoms with van der Waals surface area (Å²) >= 11 is 0. The highest BCUT2D eigenvalue weighted by molar-refractivity contribution is 5.74. The third kappa shape index (κ3) is 6.79. The lowest BCUT2D eigenvalue weighted by Crippen LogP contribution is -2.42. The fourth-order valence-electron chi connectivity index (χ4n) is 2.17. The van der Waals surface area contributed by atoms with Crippen LogP contribution in [0, 0.1) is 13.8 Å². The molecular formula is C16H24N2O3. The van der Waals surface area contributed by atoms with Crippen LogP contribution in [0.15, 0.2) is 18.2 Å². The zero-order valence-corrected chi connectivity index (χ0v) is 12.9. The van der Waals surface area contributed by atoms with E-state index in [1.807, 2.05) is 6.92 Å². The van der Waals surface area contributed by atoms with Crippen LogP contribution in [0.2, 0.25) is 0 Å². The smallest absolute Gasteiger partial charge is 0.315 e. The zero-order chi connectivity index (χ0) is 15.8. The Morgan fingerprint density at radius 1 is 1.29 bits per heavy atom. The second-order valence-corrected chi connectivity index (χ2v) is 5.43. The highest BCUT2D eigenvalue weighted by Crippen LogP contribution is 2.12. The topological polar surface area (TPSA) is 78.4 Å². The average Bonchev–Trinajstić information content (AvgIpc) is 2.38. The molecule has 1 aromatic rings. The van der Waals surface area contributed by atoms with Gasteiger partial charge in [-0.2, -0.15) is 0 Å². The van der Waals surface area contributed by atoms with Crippen LogP contribution in [0.4, 0.5) is 4.79 Å². The highest BCUT2D eigenvalue weighted by atomic mass is 16.4. The van der Waals surface area contributed by atoms with Gasteiger partial charge in [0, 0.05) is 19.0 Å². The van der Waals surface area contributed by atoms with Gasteiger partial charge in [0.25, 0.3) is 0 Å². The van der Waals surface area contributed by atoms with Crippen molar-refractivity contribution >= 4 is 12.0 Å². The van der Waals surface area contributed by atoms with E-state index in [-0.39, 0.29) is 18.5 Å². The van der Waals surface area contributed by atoms with Crippen LogP contribution < -0.4 is 10.6 Å². The Labute approximate surface area is 125 Å². The average molecular weight is 292 g/mol. The van der Waals surface area contributed by atoms with E-state index in [0.29, 0.717) is 13.0 Å². The predicted octanol–water partition coefficient (Wildman–Crippen LogP) is 2.40. The van der Waals surface area contributed by atoms with Gasteiger partial charge >= 0.3 is 12.0 Å². The molecule has 1 aromatic carbocycles. The Morgan fingerprint density at radius 3 is 2.62 bits per heavy atom. The Balaban J connectivity index is 2.34. The van der Waals surface area contributed by atoms with Crippen molar-refractivity contribution in [2.75, 3.05) is 6.54 Å². The van der Waals surface area contributed by atoms with E-state index in [4.69, 9.17) is 5.11 Å². The first kappa shape index (κ1) is 17.0. The lowest BCUT2D eigenvalue weighted by atomic mass is 10.00. The molecule has 5 nitrogen and oxygen atoms in total. The molecule has 2 amide bonds. The quantitative estimate of drug-likeness (QED) is 0.675. The second-order valence-electron chi connectivity index (χ2n) is 5.43. The van der Waals surface area contributed by atoms with Gasteiger partial charge in [0.15, 0.2) is 0 Å². The molecule has 1 rings (SSSR count). The third-order valence-electron chi connectivity index (χ3n) is 3.25. The van der Waals surface area contributed by atoms with Crippen molar-refractivity contribution in [3.63, 3.8) is 0 Å². The molecule has 0 heterocycles. The van der Waals surface area contributed by atoms with E-state index in [1.165, 1.54) is 16.7 Å². The fraction of sp³-hybridized carbons (Fsp3) is 0.500. The number of benzene rings is 1. The van der Waals surface area contributed by atoms with E-state index in [9.17, 15) is 9.59 Å². The summed E-state index contributed by atoms with van der Waals surface area (Å²) < 4.78 is 0. The third-order valence-corrected chi connectivity index (χ3v) is 3.25. The largest absolute Gasteiger partial charge is 0.481 e. The summed E-state index contributed by atoms with van der Waals surface area (Å²) in [7, 11) is 0. The first-order valence-electron chi connectivity index (χ1n) is 7.20. The number of carboxylic acid groups (broad SMARTS) is 1. The van der Waals surface area contributed by atoms with Gasteiger partial charge in [-0.25, -0.2) is 4.79 Å². The molecule has 21 heavy (non-hydrogen) atoms. The maximum Gasteiger partial charge on any atom is 0.315 e. The number of aryl methyl sites for hydroxylation is 2. The van der Waals surface area contributed by atoms with E-state index >= 15 is 0 Å². The molecule has 0 saturated heterocycles. The minimum Gasteiger partial charge on any atom is -0.481 e. The lowest BCUT2D eigenvalue weighted by Gasteiger charge is -2.16. The maximum absolute atomic E-state index is 11.7. The minimum absolute atomic E-state index is 0.0193. The number of amides is 2. The van der Waals surface area contributed by atoms with E-state index < -0.39 is 5.97 Å². The maximum atomic E-state index is 11.7. The van der Waals surface area contributed by atoms with Crippen LogP contribution in [-0.2, 0) is 11.2 Å². The van der Waals surface area contributed by atoms with Crippen LogP contribution >= 0.6 is 0 Å². The molecule has 116 valence electrons. The summed E-state index contributed by atoms with van der Waals surface area (Å²) in [5.74, 6) is -0.847. The molecule has 1 atom stereocenters. The van der Waals surface area contributed by atoms with Gasteiger partial charge in [-0.3, -0.25) is 4.79 Å². The van der Waals surface area contributed by atoms with Gasteiger partial charge in [-0.05, 0) is 44.7 Å². The molecule has 0 aliphatic heterocycles. The van der Waals surface area contributed by atoms with Crippen molar-refractivity contribution in [1.82, 2.24) is 10.6 Å². The normalized spacial score (nSPS) is 11.8. The molecule has 0 aliphatic rings. The lowest BCUT2D eigenvalue weighted by molar-refractivity contribution is -0.137. The van der Waals surface area contributed by atoms with Gasteiger partial charge < -0.3 is 15.7 Å². The summed E-state index contributed by atoms with van der Waals surface area (Å²) in [6.07, 6.45) is 1.28. The number of aliphatic carboxylic acids is 1. The second kappa shape index (κ2) is 8.29. The van der Waals surface area contributed by atoms with Gasteiger partial charge in [0.1, 0.15) is 0 Å². The number of hydrogen-bond donors (Lipinski definition) is 3. The molecule has 3 N–H and O–H groups in total. The van der Waals surface area contributed by atoms with E-state index in [0.717, 1.165) is 6.42 Å². The summed E-state index contributed by atoms with van der Waals surface area (Å²) in [5.41, 5.74) is 3.68. The number of nitrogens with one attached hydrogen (secondary N) is 2. The molecule has 0 aliphatic carbocycles. The fourth-order valence-corrected chi connectivity index (χ4v) is 2.17. The standard InChI is InChI=1S/C16H24N2O3/c1-11-6-7-14(12(2)9-11)10-13(3)18-16(21)17-8-4-5-15(19)20/h6-7,9,13H,4-5,8,10H2,1-3H3,(H,19,20)(H2,17,18,21). The molecule has 0 radical (unpaired) electrons. The van der Waals surface area contributed by atoms with E-state index in [2.05, 4.69) is 42.7 Å². The SMILES string of the molecule is Cc1ccc(CC(C)NC(=O)NCCCC(=O)O)c(C)c1. The number of carboxylic acids is 1. The van der Waals surface area contributed by atoms with Crippen molar-refractivity contribution in [2.24, 2.45) is 0 Å². The number of carbonyl (C=O) groups is 2. The zero-order valence-electron chi connectivity index (χ0n) is 12.9. The van der Waals surface area contributed by atoms with Crippen molar-refractivity contribution in [3.8, 4) is 0 Å². The molecule has 0 fully saturated rings. The molecule has 0 saturated carbocycles. The molecule has 0 spiro atoms. The number of carbonyl (C=O) groups excluding carboxylic acids is 1. The van der Waals surface area contributed by atoms with Crippen LogP contribution in [0.5, 0.6) is 0 Å². The number of hydrogen-bond acceptors (Lipinski definition) is 2. The van der Waals surface area contributed by atoms with Crippen LogP contribution in [0.1, 0.15) is 36.5 Å². The Morgan fingerprint density at radius 2 is 2.00 bits per heavy atom. The summed E-state index contributed by atoms with van der Waals surface area (Å²) in [6, 6.07) is 6.06. The molecule has 5 heteroatoms. The number of rotatable bonds is 7. The van der Waals surface area contributed by atoms with Crippen molar-refractivity contribution < 1.29 is 14.7 Å². The first-order valence-corrected chi connectivity index (χ1v) is 7.20. The minimum atomic E-state index is -0.847. The van der Waals surface area contributed by atoms with E-state index in [1.54, 1.807) is 0 Å². The Kier molecular flexibility index (Phi) is 6.72. The highest BCUT2D eigenvalue weighted by Gasteiger charge is 2.09. The van der Waals surface area contributed by atoms with Crippen molar-refractivity contribution in [3.05, 3.63) is 34.9 Å². The van der Waals surface area contributed by atoms with Crippen LogP contribution in [0.3, 0.4) is 0 Å². The van der Waals surface area contributed by atoms with Crippen molar-refractivity contribution in [1.29, 1.82) is 0 Å². The molecule has 0 bridgehead atoms. The monoisotopic (exact) mass is 292 g/mol. The van der Waals surface area contributed by atoms with Crippen molar-refractivity contribution in [2.45, 2.75) is 46.1 Å². The molecule has 1 unspecified atom stereocenters. The number of urea groups is 1. The van der Waals surface area contributed by atoms with Gasteiger partial charge in [0.2, 0.25) is 0 Å². The van der Waals surface area contributed by atoms with Gasteiger partial charge in [0.05, 0.1) is 0 Å². The Bertz CT molecular complexity index is 500. The predicted molar refractivity (Wildman–Crippen MR) is 82.5 cm³/mol. The summed E-state index contributed by atoms with van der Waals surface area (Å²) in [5, 5.41) is 14.0. The van der Waals surface area contributed by atoms with Gasteiger partial charge in [-0.15, -0.1) is 0 Å². The molecular weight excluding hydrogens is 268 g/mol. The summed E-state index contributed by atoms with van der Waals surface area (Å²) in [4.78, 5) is 22.0. The van der Waals surface area contributed by atoms with Crippen LogP contribution in [0.25, 0.3) is 0 Å². The first-order chi connectivity index (χ1) is 9.88. The Hall–Kier alpha value is -2.04.